The number of carbonyl (C=O) groups excluding carboxylic acids is 1. The lowest BCUT2D eigenvalue weighted by molar-refractivity contribution is -0.140. The zero-order valence-corrected chi connectivity index (χ0v) is 8.91. The fourth-order valence-electron chi connectivity index (χ4n) is 1.46. The first kappa shape index (κ1) is 10.1. The van der Waals surface area contributed by atoms with Crippen LogP contribution in [0.25, 0.3) is 0 Å². The Morgan fingerprint density at radius 1 is 1.33 bits per heavy atom. The van der Waals surface area contributed by atoms with E-state index in [1.165, 1.54) is 0 Å². The maximum Gasteiger partial charge on any atom is 0.336 e. The van der Waals surface area contributed by atoms with Gasteiger partial charge in [0, 0.05) is 5.02 Å². The van der Waals surface area contributed by atoms with Crippen molar-refractivity contribution >= 4 is 17.6 Å². The molecule has 0 bridgehead atoms. The predicted octanol–water partition coefficient (Wildman–Crippen LogP) is 2.17. The zero-order valence-electron chi connectivity index (χ0n) is 8.16. The quantitative estimate of drug-likeness (QED) is 0.743. The molecule has 4 heteroatoms. The van der Waals surface area contributed by atoms with Crippen LogP contribution >= 0.6 is 11.6 Å². The van der Waals surface area contributed by atoms with Crippen LogP contribution in [0.3, 0.4) is 0 Å². The average molecular weight is 224 g/mol. The normalized spacial score (nSPS) is 20.7. The minimum atomic E-state index is -0.463. The van der Waals surface area contributed by atoms with Crippen molar-refractivity contribution in [1.29, 1.82) is 0 Å². The molecule has 0 saturated carbocycles. The van der Waals surface area contributed by atoms with E-state index in [1.807, 2.05) is 0 Å². The largest absolute Gasteiger partial charge is 0.448 e. The highest BCUT2D eigenvalue weighted by molar-refractivity contribution is 6.30. The van der Waals surface area contributed by atoms with Crippen molar-refractivity contribution < 1.29 is 9.53 Å². The summed E-state index contributed by atoms with van der Waals surface area (Å²) >= 11 is 5.76. The van der Waals surface area contributed by atoms with Crippen LogP contribution < -0.4 is 5.73 Å². The van der Waals surface area contributed by atoms with Crippen LogP contribution in [-0.2, 0) is 9.53 Å². The van der Waals surface area contributed by atoms with Crippen molar-refractivity contribution in [2.45, 2.75) is 13.0 Å². The number of hydrogen-bond donors (Lipinski definition) is 1. The molecule has 1 heterocycles. The van der Waals surface area contributed by atoms with Gasteiger partial charge in [-0.3, -0.25) is 0 Å². The van der Waals surface area contributed by atoms with E-state index in [1.54, 1.807) is 31.2 Å². The number of esters is 1. The summed E-state index contributed by atoms with van der Waals surface area (Å²) in [5.74, 6) is -0.354. The smallest absolute Gasteiger partial charge is 0.336 e. The predicted molar refractivity (Wildman–Crippen MR) is 57.2 cm³/mol. The number of halogens is 1. The van der Waals surface area contributed by atoms with Crippen molar-refractivity contribution in [3.05, 3.63) is 46.1 Å². The van der Waals surface area contributed by atoms with Gasteiger partial charge in [-0.05, 0) is 24.6 Å². The first-order valence-electron chi connectivity index (χ1n) is 4.52. The van der Waals surface area contributed by atoms with E-state index in [4.69, 9.17) is 22.1 Å². The molecule has 1 aromatic carbocycles. The van der Waals surface area contributed by atoms with E-state index in [9.17, 15) is 4.79 Å². The molecule has 1 unspecified atom stereocenters. The number of hydrogen-bond acceptors (Lipinski definition) is 3. The minimum Gasteiger partial charge on any atom is -0.448 e. The summed E-state index contributed by atoms with van der Waals surface area (Å²) in [5.41, 5.74) is 7.57. The van der Waals surface area contributed by atoms with Crippen LogP contribution in [0, 0.1) is 0 Å². The van der Waals surface area contributed by atoms with Crippen LogP contribution in [0.2, 0.25) is 5.02 Å². The molecule has 0 radical (unpaired) electrons. The van der Waals surface area contributed by atoms with E-state index in [2.05, 4.69) is 0 Å². The van der Waals surface area contributed by atoms with Crippen molar-refractivity contribution in [1.82, 2.24) is 0 Å². The summed E-state index contributed by atoms with van der Waals surface area (Å²) in [4.78, 5) is 11.2. The summed E-state index contributed by atoms with van der Waals surface area (Å²) < 4.78 is 5.13. The molecule has 2 rings (SSSR count). The summed E-state index contributed by atoms with van der Waals surface area (Å²) in [7, 11) is 0. The Bertz CT molecular complexity index is 436. The molecule has 0 saturated heterocycles. The second-order valence-electron chi connectivity index (χ2n) is 3.42. The fourth-order valence-corrected chi connectivity index (χ4v) is 1.58. The molecule has 78 valence electrons. The van der Waals surface area contributed by atoms with Crippen molar-refractivity contribution in [2.24, 2.45) is 5.73 Å². The molecule has 1 aliphatic heterocycles. The van der Waals surface area contributed by atoms with Crippen molar-refractivity contribution in [3.8, 4) is 0 Å². The fraction of sp³-hybridized carbons (Fsp3) is 0.182. The summed E-state index contributed by atoms with van der Waals surface area (Å²) in [6.45, 7) is 1.66. The molecular weight excluding hydrogens is 214 g/mol. The van der Waals surface area contributed by atoms with Gasteiger partial charge in [0.2, 0.25) is 0 Å². The van der Waals surface area contributed by atoms with Gasteiger partial charge >= 0.3 is 5.97 Å². The number of rotatable bonds is 1. The summed E-state index contributed by atoms with van der Waals surface area (Å²) in [5, 5.41) is 0.641. The Labute approximate surface area is 92.5 Å². The summed E-state index contributed by atoms with van der Waals surface area (Å²) in [6, 6.07) is 7.08. The third kappa shape index (κ3) is 1.70. The van der Waals surface area contributed by atoms with Gasteiger partial charge in [-0.2, -0.15) is 0 Å². The molecule has 2 N–H and O–H groups in total. The minimum absolute atomic E-state index is 0.354. The van der Waals surface area contributed by atoms with Crippen LogP contribution in [0.15, 0.2) is 35.5 Å². The van der Waals surface area contributed by atoms with Gasteiger partial charge in [0.15, 0.2) is 6.10 Å². The molecule has 0 aromatic heterocycles. The Morgan fingerprint density at radius 2 is 1.93 bits per heavy atom. The van der Waals surface area contributed by atoms with E-state index < -0.39 is 6.10 Å². The van der Waals surface area contributed by atoms with Gasteiger partial charge in [-0.15, -0.1) is 0 Å². The molecule has 1 aliphatic rings. The first-order valence-corrected chi connectivity index (χ1v) is 4.90. The second-order valence-corrected chi connectivity index (χ2v) is 3.85. The third-order valence-electron chi connectivity index (χ3n) is 2.42. The van der Waals surface area contributed by atoms with Gasteiger partial charge in [-0.25, -0.2) is 4.79 Å². The number of carbonyl (C=O) groups is 1. The van der Waals surface area contributed by atoms with Crippen LogP contribution in [0.4, 0.5) is 0 Å². The zero-order chi connectivity index (χ0) is 11.0. The van der Waals surface area contributed by atoms with E-state index >= 15 is 0 Å². The van der Waals surface area contributed by atoms with E-state index in [0.29, 0.717) is 16.3 Å². The number of cyclic esters (lactones) is 1. The molecule has 15 heavy (non-hydrogen) atoms. The Morgan fingerprint density at radius 3 is 2.40 bits per heavy atom. The third-order valence-corrected chi connectivity index (χ3v) is 2.67. The highest BCUT2D eigenvalue weighted by Crippen LogP contribution is 2.32. The number of ether oxygens (including phenoxy) is 1. The van der Waals surface area contributed by atoms with Gasteiger partial charge < -0.3 is 10.5 Å². The highest BCUT2D eigenvalue weighted by Gasteiger charge is 2.30. The molecule has 0 amide bonds. The molecular formula is C11H10ClNO2. The van der Waals surface area contributed by atoms with E-state index in [-0.39, 0.29) is 5.97 Å². The van der Waals surface area contributed by atoms with Crippen molar-refractivity contribution in [3.63, 3.8) is 0 Å². The molecule has 3 nitrogen and oxygen atoms in total. The Kier molecular flexibility index (Phi) is 2.40. The lowest BCUT2D eigenvalue weighted by Gasteiger charge is -2.11. The SMILES string of the molecule is CC1=C(N)C(c2ccc(Cl)cc2)OC1=O. The maximum atomic E-state index is 11.2. The van der Waals surface area contributed by atoms with Crippen LogP contribution in [-0.4, -0.2) is 5.97 Å². The molecule has 0 fully saturated rings. The second kappa shape index (κ2) is 3.59. The lowest BCUT2D eigenvalue weighted by atomic mass is 10.1. The average Bonchev–Trinajstić information content (AvgIpc) is 2.47. The van der Waals surface area contributed by atoms with Gasteiger partial charge in [0.1, 0.15) is 0 Å². The van der Waals surface area contributed by atoms with Gasteiger partial charge in [0.25, 0.3) is 0 Å². The topological polar surface area (TPSA) is 52.3 Å². The lowest BCUT2D eigenvalue weighted by Crippen LogP contribution is -2.08. The summed E-state index contributed by atoms with van der Waals surface area (Å²) in [6.07, 6.45) is -0.463. The maximum absolute atomic E-state index is 11.2. The Hall–Kier alpha value is -1.48. The molecule has 1 atom stereocenters. The van der Waals surface area contributed by atoms with E-state index in [0.717, 1.165) is 5.56 Å². The van der Waals surface area contributed by atoms with Crippen LogP contribution in [0.1, 0.15) is 18.6 Å². The standard InChI is InChI=1S/C11H10ClNO2/c1-6-9(13)10(15-11(6)14)7-2-4-8(12)5-3-7/h2-5,10H,13H2,1H3. The van der Waals surface area contributed by atoms with Crippen LogP contribution in [0.5, 0.6) is 0 Å². The van der Waals surface area contributed by atoms with Gasteiger partial charge in [-0.1, -0.05) is 23.7 Å². The molecule has 1 aromatic rings. The van der Waals surface area contributed by atoms with Crippen molar-refractivity contribution in [2.75, 3.05) is 0 Å². The molecule has 0 aliphatic carbocycles. The number of benzene rings is 1. The first-order chi connectivity index (χ1) is 7.09. The van der Waals surface area contributed by atoms with Gasteiger partial charge in [0.05, 0.1) is 11.3 Å². The monoisotopic (exact) mass is 223 g/mol. The highest BCUT2D eigenvalue weighted by atomic mass is 35.5. The number of nitrogens with two attached hydrogens (primary N) is 1. The molecule has 0 spiro atoms. The Balaban J connectivity index is 2.35.